The van der Waals surface area contributed by atoms with Gasteiger partial charge in [0.25, 0.3) is 0 Å². The van der Waals surface area contributed by atoms with Crippen LogP contribution in [0.5, 0.6) is 5.75 Å². The van der Waals surface area contributed by atoms with E-state index in [4.69, 9.17) is 4.74 Å². The van der Waals surface area contributed by atoms with Gasteiger partial charge in [0, 0.05) is 23.9 Å². The first-order chi connectivity index (χ1) is 15.5. The number of rotatable bonds is 11. The summed E-state index contributed by atoms with van der Waals surface area (Å²) in [5.74, 6) is 0.965. The summed E-state index contributed by atoms with van der Waals surface area (Å²) in [5.41, 5.74) is 3.62. The standard InChI is InChI=1S/C29H35NO2/c1-5-30(6-2)19-20-32-26-17-18-27(23(3)21-26)28(31)22-29(4,24-13-9-7-10-14-24)25-15-11-8-12-16-25/h7-18,21H,5-6,19-20,22H2,1-4H3. The van der Waals surface area contributed by atoms with Crippen LogP contribution in [0, 0.1) is 6.92 Å². The Morgan fingerprint density at radius 2 is 1.44 bits per heavy atom. The Kier molecular flexibility index (Phi) is 8.24. The lowest BCUT2D eigenvalue weighted by Gasteiger charge is -2.30. The molecule has 0 aliphatic rings. The number of likely N-dealkylation sites (N-methyl/N-ethyl adjacent to an activating group) is 1. The van der Waals surface area contributed by atoms with Gasteiger partial charge in [-0.2, -0.15) is 0 Å². The van der Waals surface area contributed by atoms with Crippen LogP contribution in [0.15, 0.2) is 78.9 Å². The zero-order valence-electron chi connectivity index (χ0n) is 19.8. The first-order valence-electron chi connectivity index (χ1n) is 11.6. The first-order valence-corrected chi connectivity index (χ1v) is 11.6. The smallest absolute Gasteiger partial charge is 0.164 e. The molecule has 3 rings (SSSR count). The molecule has 0 aliphatic heterocycles. The second-order valence-electron chi connectivity index (χ2n) is 8.52. The van der Waals surface area contributed by atoms with Crippen LogP contribution in [-0.2, 0) is 5.41 Å². The molecule has 0 heterocycles. The third kappa shape index (κ3) is 5.66. The SMILES string of the molecule is CCN(CC)CCOc1ccc(C(=O)CC(C)(c2ccccc2)c2ccccc2)c(C)c1. The molecule has 3 nitrogen and oxygen atoms in total. The van der Waals surface area contributed by atoms with Crippen molar-refractivity contribution in [2.45, 2.75) is 39.5 Å². The van der Waals surface area contributed by atoms with Crippen molar-refractivity contribution in [1.82, 2.24) is 4.90 Å². The minimum Gasteiger partial charge on any atom is -0.492 e. The molecule has 0 saturated carbocycles. The van der Waals surface area contributed by atoms with E-state index in [0.717, 1.165) is 47.6 Å². The van der Waals surface area contributed by atoms with Gasteiger partial charge in [0.2, 0.25) is 0 Å². The van der Waals surface area contributed by atoms with Gasteiger partial charge in [-0.05, 0) is 54.9 Å². The van der Waals surface area contributed by atoms with E-state index in [9.17, 15) is 4.79 Å². The molecule has 32 heavy (non-hydrogen) atoms. The second-order valence-corrected chi connectivity index (χ2v) is 8.52. The molecule has 0 N–H and O–H groups in total. The van der Waals surface area contributed by atoms with E-state index in [1.807, 2.05) is 61.5 Å². The van der Waals surface area contributed by atoms with Crippen molar-refractivity contribution in [2.75, 3.05) is 26.2 Å². The molecule has 3 heteroatoms. The van der Waals surface area contributed by atoms with Crippen LogP contribution in [0.1, 0.15) is 54.2 Å². The third-order valence-corrected chi connectivity index (χ3v) is 6.40. The van der Waals surface area contributed by atoms with Crippen molar-refractivity contribution in [1.29, 1.82) is 0 Å². The Bertz CT molecular complexity index is 955. The van der Waals surface area contributed by atoms with Crippen LogP contribution >= 0.6 is 0 Å². The average Bonchev–Trinajstić information content (AvgIpc) is 2.83. The van der Waals surface area contributed by atoms with Crippen LogP contribution in [0.25, 0.3) is 0 Å². The Balaban J connectivity index is 1.78. The fraction of sp³-hybridized carbons (Fsp3) is 0.345. The molecule has 0 amide bonds. The monoisotopic (exact) mass is 429 g/mol. The molecule has 0 bridgehead atoms. The largest absolute Gasteiger partial charge is 0.492 e. The van der Waals surface area contributed by atoms with E-state index in [1.54, 1.807) is 0 Å². The van der Waals surface area contributed by atoms with Crippen molar-refractivity contribution >= 4 is 5.78 Å². The Morgan fingerprint density at radius 3 is 1.94 bits per heavy atom. The maximum absolute atomic E-state index is 13.5. The lowest BCUT2D eigenvalue weighted by molar-refractivity contribution is 0.0961. The van der Waals surface area contributed by atoms with Crippen LogP contribution in [-0.4, -0.2) is 36.9 Å². The molecule has 0 aliphatic carbocycles. The van der Waals surface area contributed by atoms with E-state index < -0.39 is 5.41 Å². The quantitative estimate of drug-likeness (QED) is 0.335. The maximum atomic E-state index is 13.5. The lowest BCUT2D eigenvalue weighted by atomic mass is 9.72. The Labute approximate surface area is 193 Å². The topological polar surface area (TPSA) is 29.5 Å². The normalized spacial score (nSPS) is 11.5. The number of hydrogen-bond donors (Lipinski definition) is 0. The zero-order chi connectivity index (χ0) is 23.0. The molecule has 0 saturated heterocycles. The van der Waals surface area contributed by atoms with Gasteiger partial charge in [0.05, 0.1) is 0 Å². The van der Waals surface area contributed by atoms with Gasteiger partial charge < -0.3 is 9.64 Å². The van der Waals surface area contributed by atoms with Crippen LogP contribution < -0.4 is 4.74 Å². The minimum atomic E-state index is -0.398. The molecule has 0 spiro atoms. The highest BCUT2D eigenvalue weighted by molar-refractivity contribution is 5.98. The number of ketones is 1. The Morgan fingerprint density at radius 1 is 0.875 bits per heavy atom. The van der Waals surface area contributed by atoms with E-state index >= 15 is 0 Å². The number of carbonyl (C=O) groups is 1. The van der Waals surface area contributed by atoms with Gasteiger partial charge in [-0.3, -0.25) is 4.79 Å². The summed E-state index contributed by atoms with van der Waals surface area (Å²) in [5, 5.41) is 0. The fourth-order valence-corrected chi connectivity index (χ4v) is 4.27. The molecule has 0 atom stereocenters. The molecular weight excluding hydrogens is 394 g/mol. The van der Waals surface area contributed by atoms with Crippen LogP contribution in [0.3, 0.4) is 0 Å². The van der Waals surface area contributed by atoms with Crippen molar-refractivity contribution in [3.8, 4) is 5.75 Å². The summed E-state index contributed by atoms with van der Waals surface area (Å²) in [7, 11) is 0. The third-order valence-electron chi connectivity index (χ3n) is 6.40. The maximum Gasteiger partial charge on any atom is 0.164 e. The number of Topliss-reactive ketones (excluding diaryl/α,β-unsaturated/α-hetero) is 1. The van der Waals surface area contributed by atoms with Crippen molar-refractivity contribution < 1.29 is 9.53 Å². The summed E-state index contributed by atoms with van der Waals surface area (Å²) < 4.78 is 5.94. The highest BCUT2D eigenvalue weighted by Gasteiger charge is 2.32. The number of aryl methyl sites for hydroxylation is 1. The number of nitrogens with zero attached hydrogens (tertiary/aromatic N) is 1. The van der Waals surface area contributed by atoms with Crippen molar-refractivity contribution in [2.24, 2.45) is 0 Å². The summed E-state index contributed by atoms with van der Waals surface area (Å²) in [6.45, 7) is 12.1. The van der Waals surface area contributed by atoms with Crippen LogP contribution in [0.4, 0.5) is 0 Å². The Hall–Kier alpha value is -2.91. The number of benzene rings is 3. The molecule has 168 valence electrons. The zero-order valence-corrected chi connectivity index (χ0v) is 19.8. The van der Waals surface area contributed by atoms with Crippen LogP contribution in [0.2, 0.25) is 0 Å². The molecule has 0 unspecified atom stereocenters. The van der Waals surface area contributed by atoms with Gasteiger partial charge >= 0.3 is 0 Å². The summed E-state index contributed by atoms with van der Waals surface area (Å²) in [6.07, 6.45) is 0.407. The highest BCUT2D eigenvalue weighted by Crippen LogP contribution is 2.36. The van der Waals surface area contributed by atoms with Crippen molar-refractivity contribution in [3.05, 3.63) is 101 Å². The predicted molar refractivity (Wildman–Crippen MR) is 133 cm³/mol. The predicted octanol–water partition coefficient (Wildman–Crippen LogP) is 6.29. The second kappa shape index (κ2) is 11.1. The van der Waals surface area contributed by atoms with Gasteiger partial charge in [-0.1, -0.05) is 81.4 Å². The van der Waals surface area contributed by atoms with E-state index in [1.165, 1.54) is 0 Å². The number of carbonyl (C=O) groups excluding carboxylic acids is 1. The van der Waals surface area contributed by atoms with E-state index in [2.05, 4.69) is 49.9 Å². The summed E-state index contributed by atoms with van der Waals surface area (Å²) in [6, 6.07) is 26.4. The van der Waals surface area contributed by atoms with Crippen molar-refractivity contribution in [3.63, 3.8) is 0 Å². The highest BCUT2D eigenvalue weighted by atomic mass is 16.5. The average molecular weight is 430 g/mol. The fourth-order valence-electron chi connectivity index (χ4n) is 4.27. The first kappa shape index (κ1) is 23.7. The lowest BCUT2D eigenvalue weighted by Crippen LogP contribution is -2.28. The van der Waals surface area contributed by atoms with E-state index in [0.29, 0.717) is 13.0 Å². The van der Waals surface area contributed by atoms with Gasteiger partial charge in [-0.25, -0.2) is 0 Å². The van der Waals surface area contributed by atoms with Gasteiger partial charge in [0.1, 0.15) is 12.4 Å². The number of hydrogen-bond acceptors (Lipinski definition) is 3. The molecule has 3 aromatic carbocycles. The summed E-state index contributed by atoms with van der Waals surface area (Å²) >= 11 is 0. The molecular formula is C29H35NO2. The number of ether oxygens (including phenoxy) is 1. The minimum absolute atomic E-state index is 0.146. The van der Waals surface area contributed by atoms with Gasteiger partial charge in [0.15, 0.2) is 5.78 Å². The molecule has 3 aromatic rings. The van der Waals surface area contributed by atoms with Gasteiger partial charge in [-0.15, -0.1) is 0 Å². The molecule has 0 radical (unpaired) electrons. The molecule has 0 fully saturated rings. The van der Waals surface area contributed by atoms with E-state index in [-0.39, 0.29) is 5.78 Å². The molecule has 0 aromatic heterocycles. The summed E-state index contributed by atoms with van der Waals surface area (Å²) in [4.78, 5) is 15.8.